The van der Waals surface area contributed by atoms with E-state index in [-0.39, 0.29) is 0 Å². The molecule has 20 heavy (non-hydrogen) atoms. The molecule has 0 spiro atoms. The molecule has 0 saturated carbocycles. The van der Waals surface area contributed by atoms with Crippen LogP contribution in [0.1, 0.15) is 19.4 Å². The van der Waals surface area contributed by atoms with Crippen LogP contribution in [0.5, 0.6) is 0 Å². The third-order valence-electron chi connectivity index (χ3n) is 3.67. The molecule has 0 bridgehead atoms. The van der Waals surface area contributed by atoms with Crippen LogP contribution in [0, 0.1) is 0 Å². The first kappa shape index (κ1) is 12.9. The SMILES string of the molecule is CC(C)(O)c1ccc(-c2ccc3ccccc3c2)cc1. The largest absolute Gasteiger partial charge is 0.386 e. The van der Waals surface area contributed by atoms with Crippen molar-refractivity contribution in [2.24, 2.45) is 0 Å². The lowest BCUT2D eigenvalue weighted by molar-refractivity contribution is 0.0786. The van der Waals surface area contributed by atoms with Crippen LogP contribution in [0.15, 0.2) is 66.7 Å². The Morgan fingerprint density at radius 3 is 1.95 bits per heavy atom. The third-order valence-corrected chi connectivity index (χ3v) is 3.67. The summed E-state index contributed by atoms with van der Waals surface area (Å²) in [4.78, 5) is 0. The molecule has 3 rings (SSSR count). The van der Waals surface area contributed by atoms with Crippen LogP contribution in [0.4, 0.5) is 0 Å². The molecule has 0 aromatic heterocycles. The van der Waals surface area contributed by atoms with Gasteiger partial charge in [0.1, 0.15) is 0 Å². The van der Waals surface area contributed by atoms with E-state index >= 15 is 0 Å². The molecule has 3 aromatic rings. The van der Waals surface area contributed by atoms with Gasteiger partial charge >= 0.3 is 0 Å². The first-order valence-electron chi connectivity index (χ1n) is 6.86. The average molecular weight is 262 g/mol. The fourth-order valence-electron chi connectivity index (χ4n) is 2.44. The molecule has 0 aliphatic rings. The van der Waals surface area contributed by atoms with Gasteiger partial charge < -0.3 is 5.11 Å². The van der Waals surface area contributed by atoms with Gasteiger partial charge in [0.25, 0.3) is 0 Å². The molecule has 0 atom stereocenters. The predicted octanol–water partition coefficient (Wildman–Crippen LogP) is 4.73. The predicted molar refractivity (Wildman–Crippen MR) is 84.6 cm³/mol. The lowest BCUT2D eigenvalue weighted by atomic mass is 9.95. The molecule has 0 aliphatic carbocycles. The fraction of sp³-hybridized carbons (Fsp3) is 0.158. The van der Waals surface area contributed by atoms with Crippen molar-refractivity contribution in [3.8, 4) is 11.1 Å². The van der Waals surface area contributed by atoms with Crippen molar-refractivity contribution in [3.05, 3.63) is 72.3 Å². The normalized spacial score (nSPS) is 11.8. The summed E-state index contributed by atoms with van der Waals surface area (Å²) >= 11 is 0. The van der Waals surface area contributed by atoms with E-state index in [0.29, 0.717) is 0 Å². The molecule has 1 N–H and O–H groups in total. The summed E-state index contributed by atoms with van der Waals surface area (Å²) in [7, 11) is 0. The highest BCUT2D eigenvalue weighted by molar-refractivity contribution is 5.87. The summed E-state index contributed by atoms with van der Waals surface area (Å²) in [5.41, 5.74) is 2.51. The number of aliphatic hydroxyl groups is 1. The van der Waals surface area contributed by atoms with Crippen molar-refractivity contribution in [1.29, 1.82) is 0 Å². The third kappa shape index (κ3) is 2.45. The van der Waals surface area contributed by atoms with Gasteiger partial charge in [-0.1, -0.05) is 60.7 Å². The number of benzene rings is 3. The summed E-state index contributed by atoms with van der Waals surface area (Å²) < 4.78 is 0. The zero-order chi connectivity index (χ0) is 14.2. The molecule has 0 saturated heterocycles. The fourth-order valence-corrected chi connectivity index (χ4v) is 2.44. The van der Waals surface area contributed by atoms with Crippen molar-refractivity contribution in [3.63, 3.8) is 0 Å². The molecule has 0 fully saturated rings. The zero-order valence-electron chi connectivity index (χ0n) is 11.8. The Morgan fingerprint density at radius 1 is 0.700 bits per heavy atom. The molecule has 0 aliphatic heterocycles. The smallest absolute Gasteiger partial charge is 0.0840 e. The maximum absolute atomic E-state index is 9.99. The van der Waals surface area contributed by atoms with Crippen molar-refractivity contribution in [2.45, 2.75) is 19.4 Å². The molecule has 0 radical (unpaired) electrons. The lowest BCUT2D eigenvalue weighted by Crippen LogP contribution is -2.14. The van der Waals surface area contributed by atoms with E-state index in [1.54, 1.807) is 13.8 Å². The van der Waals surface area contributed by atoms with Crippen molar-refractivity contribution in [2.75, 3.05) is 0 Å². The Morgan fingerprint density at radius 2 is 1.30 bits per heavy atom. The van der Waals surface area contributed by atoms with Crippen molar-refractivity contribution < 1.29 is 5.11 Å². The summed E-state index contributed by atoms with van der Waals surface area (Å²) in [6.45, 7) is 3.61. The minimum absolute atomic E-state index is 0.790. The topological polar surface area (TPSA) is 20.2 Å². The second-order valence-electron chi connectivity index (χ2n) is 5.70. The minimum Gasteiger partial charge on any atom is -0.386 e. The molecule has 100 valence electrons. The molecule has 0 unspecified atom stereocenters. The van der Waals surface area contributed by atoms with E-state index < -0.39 is 5.60 Å². The summed E-state index contributed by atoms with van der Waals surface area (Å²) in [5.74, 6) is 0. The molecule has 1 heteroatoms. The second-order valence-corrected chi connectivity index (χ2v) is 5.70. The maximum atomic E-state index is 9.99. The number of rotatable bonds is 2. The number of fused-ring (bicyclic) bond motifs is 1. The van der Waals surface area contributed by atoms with E-state index in [2.05, 4.69) is 54.6 Å². The summed E-state index contributed by atoms with van der Waals surface area (Å²) in [5, 5.41) is 12.5. The second kappa shape index (κ2) is 4.77. The maximum Gasteiger partial charge on any atom is 0.0840 e. The van der Waals surface area contributed by atoms with Crippen molar-refractivity contribution in [1.82, 2.24) is 0 Å². The Labute approximate surface area is 119 Å². The van der Waals surface area contributed by atoms with E-state index in [1.807, 2.05) is 12.1 Å². The van der Waals surface area contributed by atoms with E-state index in [1.165, 1.54) is 21.9 Å². The van der Waals surface area contributed by atoms with Gasteiger partial charge in [0.05, 0.1) is 5.60 Å². The van der Waals surface area contributed by atoms with Crippen LogP contribution in [-0.4, -0.2) is 5.11 Å². The van der Waals surface area contributed by atoms with Crippen LogP contribution in [0.2, 0.25) is 0 Å². The standard InChI is InChI=1S/C19H18O/c1-19(2,20)18-11-9-15(10-12-18)17-8-7-14-5-3-4-6-16(14)13-17/h3-13,20H,1-2H3. The first-order chi connectivity index (χ1) is 9.54. The molecular formula is C19H18O. The van der Waals surface area contributed by atoms with E-state index in [0.717, 1.165) is 5.56 Å². The number of hydrogen-bond acceptors (Lipinski definition) is 1. The Bertz CT molecular complexity index is 734. The quantitative estimate of drug-likeness (QED) is 0.707. The van der Waals surface area contributed by atoms with Gasteiger partial charge in [0.2, 0.25) is 0 Å². The van der Waals surface area contributed by atoms with Gasteiger partial charge in [0, 0.05) is 0 Å². The van der Waals surface area contributed by atoms with Crippen LogP contribution in [0.25, 0.3) is 21.9 Å². The van der Waals surface area contributed by atoms with Crippen LogP contribution in [-0.2, 0) is 5.60 Å². The van der Waals surface area contributed by atoms with Gasteiger partial charge in [-0.2, -0.15) is 0 Å². The first-order valence-corrected chi connectivity index (χ1v) is 6.86. The molecule has 0 amide bonds. The van der Waals surface area contributed by atoms with Crippen LogP contribution >= 0.6 is 0 Å². The highest BCUT2D eigenvalue weighted by Crippen LogP contribution is 2.27. The van der Waals surface area contributed by atoms with E-state index in [4.69, 9.17) is 0 Å². The lowest BCUT2D eigenvalue weighted by Gasteiger charge is -2.18. The molecular weight excluding hydrogens is 244 g/mol. The Hall–Kier alpha value is -2.12. The average Bonchev–Trinajstić information content (AvgIpc) is 2.46. The van der Waals surface area contributed by atoms with Gasteiger partial charge in [-0.05, 0) is 47.4 Å². The van der Waals surface area contributed by atoms with Crippen LogP contribution in [0.3, 0.4) is 0 Å². The van der Waals surface area contributed by atoms with Crippen molar-refractivity contribution >= 4 is 10.8 Å². The Kier molecular flexibility index (Phi) is 3.07. The van der Waals surface area contributed by atoms with Gasteiger partial charge in [-0.15, -0.1) is 0 Å². The number of hydrogen-bond donors (Lipinski definition) is 1. The highest BCUT2D eigenvalue weighted by Gasteiger charge is 2.15. The highest BCUT2D eigenvalue weighted by atomic mass is 16.3. The zero-order valence-corrected chi connectivity index (χ0v) is 11.8. The molecule has 1 nitrogen and oxygen atoms in total. The monoisotopic (exact) mass is 262 g/mol. The summed E-state index contributed by atoms with van der Waals surface area (Å²) in [6.07, 6.45) is 0. The van der Waals surface area contributed by atoms with Gasteiger partial charge in [-0.25, -0.2) is 0 Å². The van der Waals surface area contributed by atoms with Crippen LogP contribution < -0.4 is 0 Å². The minimum atomic E-state index is -0.790. The van der Waals surface area contributed by atoms with Gasteiger partial charge in [0.15, 0.2) is 0 Å². The summed E-state index contributed by atoms with van der Waals surface area (Å²) in [6, 6.07) is 23.0. The molecule has 0 heterocycles. The molecule has 3 aromatic carbocycles. The Balaban J connectivity index is 2.02. The van der Waals surface area contributed by atoms with Gasteiger partial charge in [-0.3, -0.25) is 0 Å². The van der Waals surface area contributed by atoms with E-state index in [9.17, 15) is 5.11 Å².